The predicted molar refractivity (Wildman–Crippen MR) is 121 cm³/mol. The van der Waals surface area contributed by atoms with Crippen molar-refractivity contribution in [1.82, 2.24) is 10.6 Å². The van der Waals surface area contributed by atoms with E-state index in [2.05, 4.69) is 31.9 Å². The fourth-order valence-corrected chi connectivity index (χ4v) is 3.95. The van der Waals surface area contributed by atoms with Crippen molar-refractivity contribution in [2.45, 2.75) is 13.0 Å². The van der Waals surface area contributed by atoms with Gasteiger partial charge >= 0.3 is 12.0 Å². The minimum atomic E-state index is -0.979. The molecule has 32 heavy (non-hydrogen) atoms. The number of aromatic hydroxyl groups is 1. The Morgan fingerprint density at radius 1 is 1.25 bits per heavy atom. The van der Waals surface area contributed by atoms with Gasteiger partial charge in [-0.3, -0.25) is 4.79 Å². The smallest absolute Gasteiger partial charge is 0.339 e. The number of phenolic OH excluding ortho intramolecular Hbond substituents is 1. The number of hydrogen-bond acceptors (Lipinski definition) is 6. The summed E-state index contributed by atoms with van der Waals surface area (Å²) in [4.78, 5) is 37.6. The number of anilines is 1. The molecule has 2 aromatic carbocycles. The average Bonchev–Trinajstić information content (AvgIpc) is 2.77. The molecule has 0 radical (unpaired) electrons. The molecule has 1 aliphatic heterocycles. The lowest BCUT2D eigenvalue weighted by atomic mass is 9.94. The number of hydrogen-bond donors (Lipinski definition) is 4. The number of allylic oxidation sites excluding steroid dienone is 1. The van der Waals surface area contributed by atoms with Crippen LogP contribution in [0.2, 0.25) is 5.02 Å². The van der Waals surface area contributed by atoms with Crippen molar-refractivity contribution in [2.24, 2.45) is 0 Å². The zero-order chi connectivity index (χ0) is 23.6. The number of nitrogens with one attached hydrogen (secondary N) is 3. The summed E-state index contributed by atoms with van der Waals surface area (Å²) in [5, 5.41) is 18.2. The molecule has 1 aliphatic rings. The van der Waals surface area contributed by atoms with Gasteiger partial charge < -0.3 is 30.5 Å². The number of methoxy groups -OCH3 is 2. The summed E-state index contributed by atoms with van der Waals surface area (Å²) in [5.74, 6) is -1.33. The number of carbonyl (C=O) groups is 3. The minimum absolute atomic E-state index is 0.0866. The summed E-state index contributed by atoms with van der Waals surface area (Å²) in [6.07, 6.45) is 0. The highest BCUT2D eigenvalue weighted by Gasteiger charge is 2.34. The van der Waals surface area contributed by atoms with Gasteiger partial charge in [-0.05, 0) is 41.1 Å². The summed E-state index contributed by atoms with van der Waals surface area (Å²) in [5.41, 5.74) is 1.14. The minimum Gasteiger partial charge on any atom is -0.503 e. The van der Waals surface area contributed by atoms with Gasteiger partial charge in [0.1, 0.15) is 0 Å². The molecule has 1 atom stereocenters. The van der Waals surface area contributed by atoms with Crippen LogP contribution in [0.5, 0.6) is 11.5 Å². The van der Waals surface area contributed by atoms with E-state index in [1.165, 1.54) is 26.4 Å². The molecule has 3 rings (SSSR count). The molecule has 1 heterocycles. The Morgan fingerprint density at radius 3 is 2.59 bits per heavy atom. The van der Waals surface area contributed by atoms with Crippen molar-refractivity contribution in [3.8, 4) is 11.5 Å². The van der Waals surface area contributed by atoms with Crippen molar-refractivity contribution in [3.05, 3.63) is 62.2 Å². The van der Waals surface area contributed by atoms with E-state index < -0.39 is 23.9 Å². The quantitative estimate of drug-likeness (QED) is 0.440. The van der Waals surface area contributed by atoms with Gasteiger partial charge in [-0.15, -0.1) is 0 Å². The molecule has 0 aliphatic carbocycles. The lowest BCUT2D eigenvalue weighted by Crippen LogP contribution is -2.46. The molecule has 1 unspecified atom stereocenters. The van der Waals surface area contributed by atoms with E-state index in [0.29, 0.717) is 5.56 Å². The Balaban J connectivity index is 2.08. The van der Waals surface area contributed by atoms with Crippen LogP contribution in [-0.4, -0.2) is 37.2 Å². The number of ether oxygens (including phenoxy) is 2. The van der Waals surface area contributed by atoms with Gasteiger partial charge in [-0.2, -0.15) is 0 Å². The van der Waals surface area contributed by atoms with Gasteiger partial charge in [0.25, 0.3) is 5.91 Å². The maximum absolute atomic E-state index is 13.3. The molecule has 2 aromatic rings. The second-order valence-corrected chi connectivity index (χ2v) is 7.88. The molecule has 168 valence electrons. The molecule has 4 N–H and O–H groups in total. The normalized spacial score (nSPS) is 15.5. The number of phenols is 1. The maximum Gasteiger partial charge on any atom is 0.339 e. The standard InChI is InChI=1S/C21H19BrClN3O6/c1-9-14(19(28)25-12-7-5-4-6-10(12)20(29)32-3)17(26-21(30)24-9)11-8-13(31-2)18(27)15(22)16(11)23/h4-8,17,27H,1-3H3,(H,25,28)(H2,24,26,30). The van der Waals surface area contributed by atoms with Crippen LogP contribution >= 0.6 is 27.5 Å². The van der Waals surface area contributed by atoms with Crippen LogP contribution in [0.25, 0.3) is 0 Å². The fourth-order valence-electron chi connectivity index (χ4n) is 3.28. The third kappa shape index (κ3) is 4.37. The van der Waals surface area contributed by atoms with Gasteiger partial charge in [0.15, 0.2) is 11.5 Å². The lowest BCUT2D eigenvalue weighted by molar-refractivity contribution is -0.113. The first-order valence-corrected chi connectivity index (χ1v) is 10.4. The van der Waals surface area contributed by atoms with Crippen LogP contribution in [-0.2, 0) is 9.53 Å². The topological polar surface area (TPSA) is 126 Å². The first-order chi connectivity index (χ1) is 15.2. The Kier molecular flexibility index (Phi) is 6.95. The van der Waals surface area contributed by atoms with E-state index in [9.17, 15) is 19.5 Å². The number of urea groups is 1. The third-order valence-electron chi connectivity index (χ3n) is 4.80. The molecule has 3 amide bonds. The number of para-hydroxylation sites is 1. The lowest BCUT2D eigenvalue weighted by Gasteiger charge is -2.30. The van der Waals surface area contributed by atoms with Gasteiger partial charge in [-0.1, -0.05) is 23.7 Å². The summed E-state index contributed by atoms with van der Waals surface area (Å²) in [6.45, 7) is 1.56. The van der Waals surface area contributed by atoms with Crippen LogP contribution in [0.4, 0.5) is 10.5 Å². The number of benzene rings is 2. The van der Waals surface area contributed by atoms with Crippen LogP contribution in [0.1, 0.15) is 28.9 Å². The van der Waals surface area contributed by atoms with Crippen molar-refractivity contribution in [2.75, 3.05) is 19.5 Å². The molecule has 0 spiro atoms. The van der Waals surface area contributed by atoms with Crippen molar-refractivity contribution in [3.63, 3.8) is 0 Å². The SMILES string of the molecule is COC(=O)c1ccccc1NC(=O)C1=C(C)NC(=O)NC1c1cc(OC)c(O)c(Br)c1Cl. The second-order valence-electron chi connectivity index (χ2n) is 6.71. The molecule has 9 nitrogen and oxygen atoms in total. The molecule has 11 heteroatoms. The zero-order valence-corrected chi connectivity index (χ0v) is 19.6. The highest BCUT2D eigenvalue weighted by Crippen LogP contribution is 2.45. The van der Waals surface area contributed by atoms with Gasteiger partial charge in [0.05, 0.1) is 46.6 Å². The van der Waals surface area contributed by atoms with Crippen LogP contribution in [0.15, 0.2) is 46.1 Å². The first-order valence-electron chi connectivity index (χ1n) is 9.21. The predicted octanol–water partition coefficient (Wildman–Crippen LogP) is 3.87. The van der Waals surface area contributed by atoms with E-state index in [0.717, 1.165) is 0 Å². The molecular formula is C21H19BrClN3O6. The van der Waals surface area contributed by atoms with Gasteiger partial charge in [0.2, 0.25) is 0 Å². The molecule has 0 saturated heterocycles. The first kappa shape index (κ1) is 23.4. The fraction of sp³-hybridized carbons (Fsp3) is 0.190. The van der Waals surface area contributed by atoms with Crippen LogP contribution < -0.4 is 20.7 Å². The van der Waals surface area contributed by atoms with E-state index in [-0.39, 0.29) is 43.5 Å². The van der Waals surface area contributed by atoms with Gasteiger partial charge in [-0.25, -0.2) is 9.59 Å². The molecule has 0 bridgehead atoms. The molecule has 0 fully saturated rings. The largest absolute Gasteiger partial charge is 0.503 e. The van der Waals surface area contributed by atoms with E-state index in [4.69, 9.17) is 21.1 Å². The summed E-state index contributed by atoms with van der Waals surface area (Å²) in [6, 6.07) is 6.27. The Bertz CT molecular complexity index is 1150. The average molecular weight is 525 g/mol. The number of rotatable bonds is 5. The summed E-state index contributed by atoms with van der Waals surface area (Å²) < 4.78 is 10.1. The van der Waals surface area contributed by atoms with Crippen LogP contribution in [0, 0.1) is 0 Å². The second kappa shape index (κ2) is 9.49. The molecule has 0 saturated carbocycles. The van der Waals surface area contributed by atoms with Crippen molar-refractivity contribution >= 4 is 51.1 Å². The highest BCUT2D eigenvalue weighted by atomic mass is 79.9. The Morgan fingerprint density at radius 2 is 1.94 bits per heavy atom. The van der Waals surface area contributed by atoms with Crippen molar-refractivity contribution in [1.29, 1.82) is 0 Å². The monoisotopic (exact) mass is 523 g/mol. The molecular weight excluding hydrogens is 506 g/mol. The number of halogens is 2. The Labute approximate surface area is 196 Å². The van der Waals surface area contributed by atoms with E-state index >= 15 is 0 Å². The highest BCUT2D eigenvalue weighted by molar-refractivity contribution is 9.10. The maximum atomic E-state index is 13.3. The van der Waals surface area contributed by atoms with E-state index in [1.807, 2.05) is 0 Å². The summed E-state index contributed by atoms with van der Waals surface area (Å²) in [7, 11) is 2.60. The third-order valence-corrected chi connectivity index (χ3v) is 6.21. The zero-order valence-electron chi connectivity index (χ0n) is 17.2. The number of esters is 1. The van der Waals surface area contributed by atoms with Gasteiger partial charge in [0, 0.05) is 11.3 Å². The number of carbonyl (C=O) groups excluding carboxylic acids is 3. The van der Waals surface area contributed by atoms with Crippen molar-refractivity contribution < 1.29 is 29.0 Å². The summed E-state index contributed by atoms with van der Waals surface area (Å²) >= 11 is 9.63. The number of amides is 3. The Hall–Kier alpha value is -3.24. The van der Waals surface area contributed by atoms with Crippen LogP contribution in [0.3, 0.4) is 0 Å². The molecule has 0 aromatic heterocycles. The van der Waals surface area contributed by atoms with E-state index in [1.54, 1.807) is 25.1 Å².